The van der Waals surface area contributed by atoms with Gasteiger partial charge in [0.1, 0.15) is 36.7 Å². The largest absolute Gasteiger partial charge is 0.497 e. The van der Waals surface area contributed by atoms with Gasteiger partial charge in [0.25, 0.3) is 0 Å². The van der Waals surface area contributed by atoms with Crippen molar-refractivity contribution in [1.82, 2.24) is 0 Å². The predicted molar refractivity (Wildman–Crippen MR) is 145 cm³/mol. The molecule has 4 aromatic carbocycles. The van der Waals surface area contributed by atoms with Crippen LogP contribution in [0.25, 0.3) is 11.1 Å². The average molecular weight is 521 g/mol. The van der Waals surface area contributed by atoms with Crippen LogP contribution in [0.4, 0.5) is 0 Å². The molecule has 0 saturated heterocycles. The normalized spacial score (nSPS) is 10.7. The third-order valence-electron chi connectivity index (χ3n) is 6.18. The van der Waals surface area contributed by atoms with Gasteiger partial charge in [-0.1, -0.05) is 59.6 Å². The van der Waals surface area contributed by atoms with Crippen molar-refractivity contribution in [3.8, 4) is 28.4 Å². The number of hydrogen-bond donors (Lipinski definition) is 0. The molecule has 0 unspecified atom stereocenters. The van der Waals surface area contributed by atoms with Gasteiger partial charge in [-0.2, -0.15) is 0 Å². The third-order valence-corrected chi connectivity index (χ3v) is 6.77. The van der Waals surface area contributed by atoms with E-state index in [0.717, 1.165) is 39.7 Å². The summed E-state index contributed by atoms with van der Waals surface area (Å²) in [6.07, 6.45) is 0.760. The molecule has 6 heteroatoms. The van der Waals surface area contributed by atoms with Gasteiger partial charge in [0.15, 0.2) is 0 Å². The summed E-state index contributed by atoms with van der Waals surface area (Å²) in [6.45, 7) is 4.94. The molecule has 0 aliphatic rings. The topological polar surface area (TPSA) is 44.8 Å². The van der Waals surface area contributed by atoms with E-state index in [0.29, 0.717) is 46.1 Å². The summed E-state index contributed by atoms with van der Waals surface area (Å²) in [7, 11) is 1.60. The van der Waals surface area contributed by atoms with Crippen LogP contribution < -0.4 is 14.2 Å². The van der Waals surface area contributed by atoms with Crippen molar-refractivity contribution in [3.05, 3.63) is 111 Å². The van der Waals surface area contributed by atoms with Crippen LogP contribution >= 0.6 is 23.2 Å². The molecule has 4 nitrogen and oxygen atoms in total. The number of methoxy groups -OCH3 is 1. The molecule has 36 heavy (non-hydrogen) atoms. The standard InChI is InChI=1S/C30H26Cl2O4/c1-19-22(17-35-29-12-10-21(16-33)14-27(29)31)6-4-8-25(19)26-9-5-7-23(20(26)2)18-36-30-13-11-24(34-3)15-28(30)32/h4-16H,17-18H2,1-3H3. The highest BCUT2D eigenvalue weighted by Gasteiger charge is 2.13. The molecule has 0 N–H and O–H groups in total. The van der Waals surface area contributed by atoms with Gasteiger partial charge < -0.3 is 14.2 Å². The molecule has 0 atom stereocenters. The molecular weight excluding hydrogens is 495 g/mol. The van der Waals surface area contributed by atoms with Crippen LogP contribution in [0.1, 0.15) is 32.6 Å². The van der Waals surface area contributed by atoms with Crippen LogP contribution in [0.2, 0.25) is 10.0 Å². The Labute approximate surface area is 221 Å². The van der Waals surface area contributed by atoms with Crippen molar-refractivity contribution < 1.29 is 19.0 Å². The first-order valence-corrected chi connectivity index (χ1v) is 12.2. The SMILES string of the molecule is COc1ccc(OCc2cccc(-c3cccc(COc4ccc(C=O)cc4Cl)c3C)c2C)c(Cl)c1. The summed E-state index contributed by atoms with van der Waals surface area (Å²) in [4.78, 5) is 11.0. The number of rotatable bonds is 9. The number of hydrogen-bond acceptors (Lipinski definition) is 4. The minimum Gasteiger partial charge on any atom is -0.497 e. The molecule has 0 aromatic heterocycles. The quantitative estimate of drug-likeness (QED) is 0.208. The highest BCUT2D eigenvalue weighted by atomic mass is 35.5. The fourth-order valence-corrected chi connectivity index (χ4v) is 4.48. The second kappa shape index (κ2) is 11.5. The zero-order chi connectivity index (χ0) is 25.7. The van der Waals surface area contributed by atoms with Crippen LogP contribution in [-0.4, -0.2) is 13.4 Å². The Morgan fingerprint density at radius 2 is 1.25 bits per heavy atom. The van der Waals surface area contributed by atoms with Crippen molar-refractivity contribution >= 4 is 29.5 Å². The molecule has 0 aliphatic heterocycles. The average Bonchev–Trinajstić information content (AvgIpc) is 2.88. The maximum Gasteiger partial charge on any atom is 0.150 e. The number of halogens is 2. The van der Waals surface area contributed by atoms with Gasteiger partial charge in [-0.05, 0) is 77.6 Å². The van der Waals surface area contributed by atoms with Crippen LogP contribution in [0.5, 0.6) is 17.2 Å². The minimum atomic E-state index is 0.359. The first kappa shape index (κ1) is 25.6. The van der Waals surface area contributed by atoms with Crippen LogP contribution in [-0.2, 0) is 13.2 Å². The van der Waals surface area contributed by atoms with Gasteiger partial charge in [-0.15, -0.1) is 0 Å². The molecular formula is C30H26Cl2O4. The molecule has 4 rings (SSSR count). The lowest BCUT2D eigenvalue weighted by Gasteiger charge is -2.17. The number of ether oxygens (including phenoxy) is 3. The smallest absolute Gasteiger partial charge is 0.150 e. The monoisotopic (exact) mass is 520 g/mol. The lowest BCUT2D eigenvalue weighted by Crippen LogP contribution is -2.02. The van der Waals surface area contributed by atoms with Gasteiger partial charge in [0.2, 0.25) is 0 Å². The number of aldehydes is 1. The van der Waals surface area contributed by atoms with Crippen molar-refractivity contribution in [2.45, 2.75) is 27.1 Å². The molecule has 0 saturated carbocycles. The highest BCUT2D eigenvalue weighted by Crippen LogP contribution is 2.33. The van der Waals surface area contributed by atoms with Gasteiger partial charge in [0.05, 0.1) is 17.2 Å². The predicted octanol–water partition coefficient (Wildman–Crippen LogP) is 8.26. The molecule has 4 aromatic rings. The van der Waals surface area contributed by atoms with Crippen LogP contribution in [0, 0.1) is 13.8 Å². The molecule has 184 valence electrons. The zero-order valence-corrected chi connectivity index (χ0v) is 21.8. The minimum absolute atomic E-state index is 0.359. The first-order valence-electron chi connectivity index (χ1n) is 11.4. The Balaban J connectivity index is 1.54. The molecule has 0 aliphatic carbocycles. The van der Waals surface area contributed by atoms with Gasteiger partial charge >= 0.3 is 0 Å². The van der Waals surface area contributed by atoms with Crippen molar-refractivity contribution in [3.63, 3.8) is 0 Å². The summed E-state index contributed by atoms with van der Waals surface area (Å²) < 4.78 is 17.2. The van der Waals surface area contributed by atoms with Crippen LogP contribution in [0.3, 0.4) is 0 Å². The van der Waals surface area contributed by atoms with Gasteiger partial charge in [-0.3, -0.25) is 4.79 Å². The zero-order valence-electron chi connectivity index (χ0n) is 20.3. The molecule has 0 radical (unpaired) electrons. The van der Waals surface area contributed by atoms with Gasteiger partial charge in [0, 0.05) is 11.6 Å². The van der Waals surface area contributed by atoms with Crippen molar-refractivity contribution in [2.24, 2.45) is 0 Å². The van der Waals surface area contributed by atoms with E-state index in [1.54, 1.807) is 31.4 Å². The summed E-state index contributed by atoms with van der Waals surface area (Å²) in [5.74, 6) is 1.84. The first-order chi connectivity index (χ1) is 17.4. The summed E-state index contributed by atoms with van der Waals surface area (Å²) in [5, 5.41) is 0.918. The van der Waals surface area contributed by atoms with E-state index in [4.69, 9.17) is 37.4 Å². The molecule has 0 bridgehead atoms. The van der Waals surface area contributed by atoms with E-state index in [-0.39, 0.29) is 0 Å². The third kappa shape index (κ3) is 5.67. The van der Waals surface area contributed by atoms with Crippen LogP contribution in [0.15, 0.2) is 72.8 Å². The van der Waals surface area contributed by atoms with E-state index >= 15 is 0 Å². The summed E-state index contributed by atoms with van der Waals surface area (Å²) in [6, 6.07) is 22.8. The van der Waals surface area contributed by atoms with E-state index < -0.39 is 0 Å². The number of carbonyl (C=O) groups excluding carboxylic acids is 1. The maximum absolute atomic E-state index is 11.0. The Morgan fingerprint density at radius 1 is 0.722 bits per heavy atom. The number of benzene rings is 4. The summed E-state index contributed by atoms with van der Waals surface area (Å²) in [5.41, 5.74) is 7.15. The summed E-state index contributed by atoms with van der Waals surface area (Å²) >= 11 is 12.6. The second-order valence-electron chi connectivity index (χ2n) is 8.36. The van der Waals surface area contributed by atoms with E-state index in [2.05, 4.69) is 32.0 Å². The Morgan fingerprint density at radius 3 is 1.72 bits per heavy atom. The maximum atomic E-state index is 11.0. The molecule has 0 amide bonds. The highest BCUT2D eigenvalue weighted by molar-refractivity contribution is 6.32. The molecule has 0 heterocycles. The second-order valence-corrected chi connectivity index (χ2v) is 9.18. The lowest BCUT2D eigenvalue weighted by molar-refractivity contribution is 0.112. The van der Waals surface area contributed by atoms with Gasteiger partial charge in [-0.25, -0.2) is 0 Å². The Hall–Kier alpha value is -3.47. The van der Waals surface area contributed by atoms with Crippen molar-refractivity contribution in [1.29, 1.82) is 0 Å². The molecule has 0 spiro atoms. The Bertz CT molecular complexity index is 1400. The van der Waals surface area contributed by atoms with E-state index in [1.165, 1.54) is 0 Å². The number of carbonyl (C=O) groups is 1. The fraction of sp³-hybridized carbons (Fsp3) is 0.167. The fourth-order valence-electron chi connectivity index (χ4n) is 4.01. The lowest BCUT2D eigenvalue weighted by atomic mass is 9.92. The molecule has 0 fully saturated rings. The van der Waals surface area contributed by atoms with E-state index in [1.807, 2.05) is 30.3 Å². The van der Waals surface area contributed by atoms with Crippen molar-refractivity contribution in [2.75, 3.05) is 7.11 Å². The Kier molecular flexibility index (Phi) is 8.19. The van der Waals surface area contributed by atoms with E-state index in [9.17, 15) is 4.79 Å².